The third-order valence-electron chi connectivity index (χ3n) is 7.28. The maximum absolute atomic E-state index is 13.1. The number of hydrogen-bond acceptors (Lipinski definition) is 9. The second-order valence-corrected chi connectivity index (χ2v) is 13.8. The Morgan fingerprint density at radius 1 is 1.18 bits per heavy atom. The molecule has 0 bridgehead atoms. The lowest BCUT2D eigenvalue weighted by Gasteiger charge is -2.38. The molecule has 13 heteroatoms. The molecule has 0 amide bonds. The minimum atomic E-state index is -3.71. The Morgan fingerprint density at radius 2 is 1.92 bits per heavy atom. The van der Waals surface area contributed by atoms with Gasteiger partial charge >= 0.3 is 0 Å². The van der Waals surface area contributed by atoms with Gasteiger partial charge in [-0.2, -0.15) is 9.57 Å². The monoisotopic (exact) mass is 578 g/mol. The van der Waals surface area contributed by atoms with Crippen LogP contribution in [0.5, 0.6) is 5.75 Å². The molecule has 0 saturated carbocycles. The number of nitriles is 1. The molecule has 0 aromatic heterocycles. The average molecular weight is 579 g/mol. The van der Waals surface area contributed by atoms with E-state index in [-0.39, 0.29) is 29.0 Å². The molecule has 3 N–H and O–H groups in total. The summed E-state index contributed by atoms with van der Waals surface area (Å²) in [5, 5.41) is 22.9. The third kappa shape index (κ3) is 6.78. The number of ether oxygens (including phenoxy) is 2. The van der Waals surface area contributed by atoms with E-state index in [0.29, 0.717) is 50.3 Å². The summed E-state index contributed by atoms with van der Waals surface area (Å²) < 4.78 is 65.6. The van der Waals surface area contributed by atoms with E-state index in [4.69, 9.17) is 9.47 Å². The van der Waals surface area contributed by atoms with Gasteiger partial charge in [0.25, 0.3) is 0 Å². The fraction of sp³-hybridized carbons (Fsp3) is 0.500. The van der Waals surface area contributed by atoms with Crippen LogP contribution in [0.3, 0.4) is 0 Å². The Hall–Kier alpha value is -2.57. The lowest BCUT2D eigenvalue weighted by Crippen LogP contribution is -2.47. The third-order valence-corrected chi connectivity index (χ3v) is 10.6. The topological polar surface area (TPSA) is 158 Å². The van der Waals surface area contributed by atoms with Crippen LogP contribution in [0, 0.1) is 18.3 Å². The van der Waals surface area contributed by atoms with Crippen LogP contribution in [-0.2, 0) is 24.8 Å². The molecule has 2 unspecified atom stereocenters. The summed E-state index contributed by atoms with van der Waals surface area (Å²) in [4.78, 5) is 0.201. The fourth-order valence-electron chi connectivity index (χ4n) is 4.89. The van der Waals surface area contributed by atoms with Gasteiger partial charge in [-0.25, -0.2) is 21.6 Å². The molecule has 2 aliphatic rings. The van der Waals surface area contributed by atoms with Crippen molar-refractivity contribution < 1.29 is 31.4 Å². The number of aliphatic hydroxyl groups is 1. The number of benzene rings is 2. The number of aliphatic hydroxyl groups excluding tert-OH is 1. The zero-order valence-corrected chi connectivity index (χ0v) is 23.6. The Bertz CT molecular complexity index is 1430. The van der Waals surface area contributed by atoms with Crippen LogP contribution >= 0.6 is 0 Å². The van der Waals surface area contributed by atoms with Gasteiger partial charge in [0.1, 0.15) is 18.5 Å². The van der Waals surface area contributed by atoms with Gasteiger partial charge in [0.2, 0.25) is 20.0 Å². The first-order valence-electron chi connectivity index (χ1n) is 12.7. The smallest absolute Gasteiger partial charge is 0.243 e. The molecular formula is C26H34N4O7S2. The molecule has 2 fully saturated rings. The van der Waals surface area contributed by atoms with Gasteiger partial charge in [0.15, 0.2) is 0 Å². The highest BCUT2D eigenvalue weighted by molar-refractivity contribution is 7.89. The van der Waals surface area contributed by atoms with Gasteiger partial charge in [-0.1, -0.05) is 12.1 Å². The summed E-state index contributed by atoms with van der Waals surface area (Å²) in [6, 6.07) is 12.7. The lowest BCUT2D eigenvalue weighted by atomic mass is 9.88. The van der Waals surface area contributed by atoms with Crippen molar-refractivity contribution >= 4 is 20.0 Å². The fourth-order valence-corrected chi connectivity index (χ4v) is 7.13. The number of nitrogens with one attached hydrogen (secondary N) is 2. The minimum Gasteiger partial charge on any atom is -0.491 e. The molecule has 0 radical (unpaired) electrons. The normalized spacial score (nSPS) is 20.5. The Balaban J connectivity index is 1.24. The highest BCUT2D eigenvalue weighted by Gasteiger charge is 2.44. The molecule has 2 saturated heterocycles. The van der Waals surface area contributed by atoms with E-state index >= 15 is 0 Å². The van der Waals surface area contributed by atoms with Crippen molar-refractivity contribution in [3.05, 3.63) is 53.6 Å². The standard InChI is InChI=1S/C26H34N4O7S2/c1-19-6-7-25(12-20(19)15-27)39(34,35)30-10-8-26(9-11-30)14-21(17-37-26)29-16-22(31)18-36-23-4-3-5-24(13-23)38(32,33)28-2/h3-7,12-13,21-22,28-29,31H,8-11,14,16-18H2,1-2H3. The van der Waals surface area contributed by atoms with Crippen molar-refractivity contribution in [1.29, 1.82) is 5.26 Å². The summed E-state index contributed by atoms with van der Waals surface area (Å²) in [5.41, 5.74) is 0.661. The lowest BCUT2D eigenvalue weighted by molar-refractivity contribution is -0.0312. The predicted molar refractivity (Wildman–Crippen MR) is 143 cm³/mol. The van der Waals surface area contributed by atoms with E-state index in [1.165, 1.54) is 35.6 Å². The molecular weight excluding hydrogens is 544 g/mol. The van der Waals surface area contributed by atoms with E-state index in [1.807, 2.05) is 6.07 Å². The molecule has 11 nitrogen and oxygen atoms in total. The molecule has 39 heavy (non-hydrogen) atoms. The van der Waals surface area contributed by atoms with Crippen molar-refractivity contribution in [2.75, 3.05) is 39.9 Å². The number of nitrogens with zero attached hydrogens (tertiary/aromatic N) is 2. The SMILES string of the molecule is CNS(=O)(=O)c1cccc(OCC(O)CNC2COC3(CCN(S(=O)(=O)c4ccc(C)c(C#N)c4)CC3)C2)c1. The van der Waals surface area contributed by atoms with E-state index in [1.54, 1.807) is 25.1 Å². The minimum absolute atomic E-state index is 0.00203. The summed E-state index contributed by atoms with van der Waals surface area (Å²) in [6.07, 6.45) is 0.977. The van der Waals surface area contributed by atoms with Crippen molar-refractivity contribution in [1.82, 2.24) is 14.3 Å². The van der Waals surface area contributed by atoms with Gasteiger partial charge in [-0.05, 0) is 63.1 Å². The number of sulfonamides is 2. The quantitative estimate of drug-likeness (QED) is 0.376. The van der Waals surface area contributed by atoms with Crippen molar-refractivity contribution in [2.24, 2.45) is 0 Å². The van der Waals surface area contributed by atoms with E-state index in [0.717, 1.165) is 5.56 Å². The Kier molecular flexibility index (Phi) is 8.97. The maximum atomic E-state index is 13.1. The second-order valence-electron chi connectivity index (χ2n) is 9.94. The molecule has 4 rings (SSSR count). The van der Waals surface area contributed by atoms with Crippen LogP contribution < -0.4 is 14.8 Å². The van der Waals surface area contributed by atoms with Gasteiger partial charge < -0.3 is 19.9 Å². The van der Waals surface area contributed by atoms with Crippen LogP contribution in [0.15, 0.2) is 52.3 Å². The summed E-state index contributed by atoms with van der Waals surface area (Å²) in [7, 11) is -5.97. The predicted octanol–water partition coefficient (Wildman–Crippen LogP) is 1.12. The first-order chi connectivity index (χ1) is 18.5. The van der Waals surface area contributed by atoms with Crippen LogP contribution in [0.1, 0.15) is 30.4 Å². The second kappa shape index (κ2) is 11.9. The zero-order valence-electron chi connectivity index (χ0n) is 22.0. The van der Waals surface area contributed by atoms with Crippen LogP contribution in [-0.4, -0.2) is 83.9 Å². The summed E-state index contributed by atoms with van der Waals surface area (Å²) in [5.74, 6) is 0.338. The number of rotatable bonds is 10. The van der Waals surface area contributed by atoms with Crippen molar-refractivity contribution in [2.45, 2.75) is 53.7 Å². The highest BCUT2D eigenvalue weighted by Crippen LogP contribution is 2.37. The largest absolute Gasteiger partial charge is 0.491 e. The Labute approximate surface area is 229 Å². The molecule has 2 aromatic rings. The average Bonchev–Trinajstić information content (AvgIpc) is 3.33. The van der Waals surface area contributed by atoms with Gasteiger partial charge in [-0.3, -0.25) is 0 Å². The van der Waals surface area contributed by atoms with E-state index in [2.05, 4.69) is 10.0 Å². The van der Waals surface area contributed by atoms with Gasteiger partial charge in [-0.15, -0.1) is 0 Å². The van der Waals surface area contributed by atoms with Gasteiger partial charge in [0, 0.05) is 31.7 Å². The first-order valence-corrected chi connectivity index (χ1v) is 15.6. The molecule has 212 valence electrons. The van der Waals surface area contributed by atoms with Crippen LogP contribution in [0.2, 0.25) is 0 Å². The molecule has 2 atom stereocenters. The first kappa shape index (κ1) is 29.4. The van der Waals surface area contributed by atoms with Gasteiger partial charge in [0.05, 0.1) is 33.6 Å². The van der Waals surface area contributed by atoms with Crippen molar-refractivity contribution in [3.8, 4) is 11.8 Å². The molecule has 2 heterocycles. The molecule has 2 aliphatic heterocycles. The van der Waals surface area contributed by atoms with Crippen LogP contribution in [0.25, 0.3) is 0 Å². The molecule has 0 aliphatic carbocycles. The Morgan fingerprint density at radius 3 is 2.62 bits per heavy atom. The maximum Gasteiger partial charge on any atom is 0.243 e. The van der Waals surface area contributed by atoms with Crippen molar-refractivity contribution in [3.63, 3.8) is 0 Å². The highest BCUT2D eigenvalue weighted by atomic mass is 32.2. The van der Waals surface area contributed by atoms with E-state index in [9.17, 15) is 27.2 Å². The molecule has 1 spiro atoms. The summed E-state index contributed by atoms with van der Waals surface area (Å²) >= 11 is 0. The molecule has 2 aromatic carbocycles. The van der Waals surface area contributed by atoms with E-state index < -0.39 is 31.8 Å². The number of hydrogen-bond donors (Lipinski definition) is 3. The van der Waals surface area contributed by atoms with Crippen LogP contribution in [0.4, 0.5) is 0 Å². The number of aryl methyl sites for hydroxylation is 1. The summed E-state index contributed by atoms with van der Waals surface area (Å²) in [6.45, 7) is 3.11. The number of piperidine rings is 1. The zero-order chi connectivity index (χ0) is 28.3.